The molecule has 2 unspecified atom stereocenters. The number of hydrogen-bond donors (Lipinski definition) is 0. The zero-order valence-corrected chi connectivity index (χ0v) is 13.4. The van der Waals surface area contributed by atoms with Crippen molar-refractivity contribution in [3.05, 3.63) is 11.6 Å². The van der Waals surface area contributed by atoms with E-state index in [1.54, 1.807) is 6.92 Å². The summed E-state index contributed by atoms with van der Waals surface area (Å²) in [4.78, 5) is 36.3. The summed E-state index contributed by atoms with van der Waals surface area (Å²) in [6.07, 6.45) is 2.08. The monoisotopic (exact) mass is 306 g/mol. The molecule has 1 aliphatic heterocycles. The number of fused-ring (bicyclic) bond motifs is 2. The van der Waals surface area contributed by atoms with Crippen LogP contribution in [0.25, 0.3) is 0 Å². The smallest absolute Gasteiger partial charge is 0.309 e. The first-order chi connectivity index (χ1) is 10.3. The van der Waals surface area contributed by atoms with Crippen molar-refractivity contribution in [2.45, 2.75) is 52.7 Å². The van der Waals surface area contributed by atoms with Crippen LogP contribution >= 0.6 is 0 Å². The maximum Gasteiger partial charge on any atom is 0.309 e. The lowest BCUT2D eigenvalue weighted by molar-refractivity contribution is -0.161. The predicted molar refractivity (Wildman–Crippen MR) is 77.7 cm³/mol. The van der Waals surface area contributed by atoms with Crippen LogP contribution in [0.3, 0.4) is 0 Å². The highest BCUT2D eigenvalue weighted by atomic mass is 16.6. The summed E-state index contributed by atoms with van der Waals surface area (Å²) in [6, 6.07) is 0. The summed E-state index contributed by atoms with van der Waals surface area (Å²) < 4.78 is 11.1. The SMILES string of the molecule is CC(=O)O[C@@H]1C2C(C)C(=O)O[C@@H]2C[C@H](C)C2=CCC(=O)[C@]21C. The summed E-state index contributed by atoms with van der Waals surface area (Å²) >= 11 is 0. The van der Waals surface area contributed by atoms with Crippen LogP contribution in [0.15, 0.2) is 11.6 Å². The van der Waals surface area contributed by atoms with Crippen LogP contribution in [-0.2, 0) is 23.9 Å². The highest BCUT2D eigenvalue weighted by molar-refractivity contribution is 5.93. The van der Waals surface area contributed by atoms with Gasteiger partial charge < -0.3 is 9.47 Å². The van der Waals surface area contributed by atoms with Crippen molar-refractivity contribution in [3.63, 3.8) is 0 Å². The maximum absolute atomic E-state index is 12.6. The van der Waals surface area contributed by atoms with Crippen LogP contribution in [0.4, 0.5) is 0 Å². The second-order valence-corrected chi connectivity index (χ2v) is 7.00. The number of ketones is 1. The molecule has 5 nitrogen and oxygen atoms in total. The average Bonchev–Trinajstić information content (AvgIpc) is 2.84. The molecule has 5 heteroatoms. The molecule has 0 amide bonds. The molecule has 0 N–H and O–H groups in total. The van der Waals surface area contributed by atoms with Gasteiger partial charge in [-0.15, -0.1) is 0 Å². The molecule has 1 saturated carbocycles. The van der Waals surface area contributed by atoms with Crippen LogP contribution in [0.5, 0.6) is 0 Å². The van der Waals surface area contributed by atoms with Crippen LogP contribution in [0.2, 0.25) is 0 Å². The van der Waals surface area contributed by atoms with E-state index in [1.165, 1.54) is 6.92 Å². The second kappa shape index (κ2) is 4.93. The molecule has 0 aromatic carbocycles. The van der Waals surface area contributed by atoms with Gasteiger partial charge in [0, 0.05) is 19.3 Å². The van der Waals surface area contributed by atoms with E-state index in [2.05, 4.69) is 0 Å². The number of rotatable bonds is 1. The van der Waals surface area contributed by atoms with Gasteiger partial charge in [-0.05, 0) is 19.3 Å². The fraction of sp³-hybridized carbons (Fsp3) is 0.706. The Balaban J connectivity index is 2.12. The van der Waals surface area contributed by atoms with Crippen LogP contribution < -0.4 is 0 Å². The molecule has 2 aliphatic carbocycles. The van der Waals surface area contributed by atoms with Crippen molar-refractivity contribution >= 4 is 17.7 Å². The Morgan fingerprint density at radius 1 is 1.36 bits per heavy atom. The summed E-state index contributed by atoms with van der Waals surface area (Å²) in [7, 11) is 0. The number of carbonyl (C=O) groups excluding carboxylic acids is 3. The Hall–Kier alpha value is -1.65. The molecular formula is C17H22O5. The largest absolute Gasteiger partial charge is 0.462 e. The lowest BCUT2D eigenvalue weighted by Gasteiger charge is -2.38. The standard InChI is InChI=1S/C17H22O5/c1-8-7-12-14(9(2)16(20)22-12)15(21-10(3)18)17(4)11(8)5-6-13(17)19/h5,8-9,12,14-15H,6-7H2,1-4H3/t8-,9?,12+,14?,15+,17-/m0/s1. The summed E-state index contributed by atoms with van der Waals surface area (Å²) in [6.45, 7) is 7.05. The third kappa shape index (κ3) is 1.94. The molecule has 3 rings (SSSR count). The van der Waals surface area contributed by atoms with Crippen molar-refractivity contribution in [1.29, 1.82) is 0 Å². The van der Waals surface area contributed by atoms with Crippen molar-refractivity contribution < 1.29 is 23.9 Å². The molecule has 120 valence electrons. The predicted octanol–water partition coefficient (Wildman–Crippen LogP) is 2.04. The molecule has 0 radical (unpaired) electrons. The minimum atomic E-state index is -0.841. The minimum Gasteiger partial charge on any atom is -0.462 e. The van der Waals surface area contributed by atoms with Crippen LogP contribution in [0, 0.1) is 23.2 Å². The normalized spacial score (nSPS) is 43.8. The van der Waals surface area contributed by atoms with E-state index in [0.717, 1.165) is 5.57 Å². The van der Waals surface area contributed by atoms with Gasteiger partial charge in [0.15, 0.2) is 0 Å². The molecule has 22 heavy (non-hydrogen) atoms. The highest BCUT2D eigenvalue weighted by Crippen LogP contribution is 2.54. The zero-order chi connectivity index (χ0) is 16.2. The van der Waals surface area contributed by atoms with Crippen LogP contribution in [0.1, 0.15) is 40.5 Å². The van der Waals surface area contributed by atoms with E-state index in [9.17, 15) is 14.4 Å². The molecule has 6 atom stereocenters. The Morgan fingerprint density at radius 3 is 2.68 bits per heavy atom. The van der Waals surface area contributed by atoms with E-state index in [4.69, 9.17) is 9.47 Å². The lowest BCUT2D eigenvalue weighted by atomic mass is 9.69. The number of hydrogen-bond acceptors (Lipinski definition) is 5. The Kier molecular flexibility index (Phi) is 3.42. The van der Waals surface area contributed by atoms with E-state index in [-0.39, 0.29) is 35.6 Å². The Bertz CT molecular complexity index is 578. The van der Waals surface area contributed by atoms with Crippen molar-refractivity contribution in [1.82, 2.24) is 0 Å². The first-order valence-corrected chi connectivity index (χ1v) is 7.88. The van der Waals surface area contributed by atoms with Gasteiger partial charge in [-0.2, -0.15) is 0 Å². The first-order valence-electron chi connectivity index (χ1n) is 7.88. The molecule has 0 spiro atoms. The van der Waals surface area contributed by atoms with E-state index in [1.807, 2.05) is 19.9 Å². The quantitative estimate of drug-likeness (QED) is 0.548. The van der Waals surface area contributed by atoms with Crippen LogP contribution in [-0.4, -0.2) is 29.9 Å². The summed E-state index contributed by atoms with van der Waals surface area (Å²) in [5.74, 6) is -1.13. The Morgan fingerprint density at radius 2 is 2.05 bits per heavy atom. The molecule has 0 aromatic heterocycles. The van der Waals surface area contributed by atoms with E-state index in [0.29, 0.717) is 12.8 Å². The van der Waals surface area contributed by atoms with E-state index < -0.39 is 17.5 Å². The number of ether oxygens (including phenoxy) is 2. The second-order valence-electron chi connectivity index (χ2n) is 7.00. The van der Waals surface area contributed by atoms with Crippen molar-refractivity contribution in [2.24, 2.45) is 23.2 Å². The number of esters is 2. The molecule has 1 heterocycles. The fourth-order valence-electron chi connectivity index (χ4n) is 4.54. The van der Waals surface area contributed by atoms with Gasteiger partial charge in [-0.1, -0.05) is 25.5 Å². The van der Waals surface area contributed by atoms with Crippen molar-refractivity contribution in [2.75, 3.05) is 0 Å². The average molecular weight is 306 g/mol. The van der Waals surface area contributed by atoms with Gasteiger partial charge in [-0.25, -0.2) is 0 Å². The fourth-order valence-corrected chi connectivity index (χ4v) is 4.54. The third-order valence-electron chi connectivity index (χ3n) is 5.66. The number of Topliss-reactive ketones (excluding diaryl/α,β-unsaturated/α-hetero) is 1. The summed E-state index contributed by atoms with van der Waals surface area (Å²) in [5, 5.41) is 0. The first kappa shape index (κ1) is 15.3. The molecule has 0 bridgehead atoms. The Labute approximate surface area is 130 Å². The van der Waals surface area contributed by atoms with Gasteiger partial charge in [0.1, 0.15) is 18.0 Å². The van der Waals surface area contributed by atoms with Gasteiger partial charge in [-0.3, -0.25) is 14.4 Å². The molecule has 1 saturated heterocycles. The molecular weight excluding hydrogens is 284 g/mol. The number of allylic oxidation sites excluding steroid dienone is 1. The topological polar surface area (TPSA) is 69.7 Å². The van der Waals surface area contributed by atoms with Crippen molar-refractivity contribution in [3.8, 4) is 0 Å². The molecule has 0 aromatic rings. The molecule has 3 aliphatic rings. The highest BCUT2D eigenvalue weighted by Gasteiger charge is 2.61. The minimum absolute atomic E-state index is 0.0628. The molecule has 2 fully saturated rings. The van der Waals surface area contributed by atoms with Gasteiger partial charge in [0.25, 0.3) is 0 Å². The van der Waals surface area contributed by atoms with Gasteiger partial charge in [0.05, 0.1) is 11.3 Å². The maximum atomic E-state index is 12.6. The van der Waals surface area contributed by atoms with E-state index >= 15 is 0 Å². The zero-order valence-electron chi connectivity index (χ0n) is 13.4. The number of carbonyl (C=O) groups is 3. The summed E-state index contributed by atoms with van der Waals surface area (Å²) in [5.41, 5.74) is 0.189. The van der Waals surface area contributed by atoms with Gasteiger partial charge in [0.2, 0.25) is 0 Å². The van der Waals surface area contributed by atoms with Gasteiger partial charge >= 0.3 is 11.9 Å². The lowest BCUT2D eigenvalue weighted by Crippen LogP contribution is -2.48. The third-order valence-corrected chi connectivity index (χ3v) is 5.66.